The van der Waals surface area contributed by atoms with E-state index >= 15 is 0 Å². The maximum absolute atomic E-state index is 13.9. The normalized spacial score (nSPS) is 41.7. The summed E-state index contributed by atoms with van der Waals surface area (Å²) in [6.45, 7) is 8.33. The Balaban J connectivity index is 1.40. The van der Waals surface area contributed by atoms with Crippen molar-refractivity contribution < 1.29 is 38.1 Å². The first kappa shape index (κ1) is 24.5. The van der Waals surface area contributed by atoms with Gasteiger partial charge in [-0.15, -0.1) is 0 Å². The van der Waals surface area contributed by atoms with E-state index in [9.17, 15) is 23.9 Å². The Kier molecular flexibility index (Phi) is 5.35. The van der Waals surface area contributed by atoms with Gasteiger partial charge in [0.15, 0.2) is 17.5 Å². The molecule has 2 spiro atoms. The molecule has 1 N–H and O–H groups in total. The summed E-state index contributed by atoms with van der Waals surface area (Å²) >= 11 is 0. The third-order valence-corrected chi connectivity index (χ3v) is 9.87. The number of esters is 2. The molecule has 0 amide bonds. The molecule has 2 heterocycles. The van der Waals surface area contributed by atoms with E-state index in [1.807, 2.05) is 0 Å². The number of hydrogen-bond donors (Lipinski definition) is 1. The van der Waals surface area contributed by atoms with Crippen LogP contribution in [-0.4, -0.2) is 47.9 Å². The SMILES string of the molecule is C=C1C(=O)[C@@]23C(=O)O[C@H]4CCC(C)(C)C5[C@H](O)OC[C@]54C2CC[C@@H]1[C@@H]3OC(=O)/C=C/c1ccc(F)cc1. The first-order valence-corrected chi connectivity index (χ1v) is 12.9. The highest BCUT2D eigenvalue weighted by Crippen LogP contribution is 2.71. The lowest BCUT2D eigenvalue weighted by atomic mass is 9.43. The van der Waals surface area contributed by atoms with Crippen molar-refractivity contribution in [2.24, 2.45) is 34.0 Å². The van der Waals surface area contributed by atoms with E-state index in [4.69, 9.17) is 14.2 Å². The molecular formula is C29H31FO7. The third kappa shape index (κ3) is 3.15. The second-order valence-corrected chi connectivity index (χ2v) is 11.9. The number of carbonyl (C=O) groups is 3. The standard InChI is InChI=1S/C29H31FO7/c1-15-18-9-10-19-28-14-35-25(33)22(28)27(2,3)13-12-20(28)36-26(34)29(19,23(15)32)24(18)37-21(31)11-6-16-4-7-17(30)8-5-16/h4-8,11,18-20,22,24-25,33H,1,9-10,12-14H2,2-3H3/b11-6+/t18-,19?,20-,22?,24-,25+,28+,29-/m0/s1. The van der Waals surface area contributed by atoms with Crippen LogP contribution in [0.5, 0.6) is 0 Å². The summed E-state index contributed by atoms with van der Waals surface area (Å²) in [5.74, 6) is -3.55. The molecule has 5 fully saturated rings. The molecule has 6 rings (SSSR count). The minimum atomic E-state index is -1.71. The zero-order valence-corrected chi connectivity index (χ0v) is 20.9. The van der Waals surface area contributed by atoms with Gasteiger partial charge in [-0.1, -0.05) is 32.6 Å². The number of ketones is 1. The molecule has 1 aromatic carbocycles. The number of aliphatic hydroxyl groups excluding tert-OH is 1. The van der Waals surface area contributed by atoms with Gasteiger partial charge >= 0.3 is 11.9 Å². The summed E-state index contributed by atoms with van der Waals surface area (Å²) in [5.41, 5.74) is -1.91. The van der Waals surface area contributed by atoms with Crippen molar-refractivity contribution in [1.82, 2.24) is 0 Å². The van der Waals surface area contributed by atoms with E-state index in [1.54, 1.807) is 0 Å². The fourth-order valence-electron chi connectivity index (χ4n) is 8.39. The minimum Gasteiger partial charge on any atom is -0.461 e. The van der Waals surface area contributed by atoms with Gasteiger partial charge in [0.2, 0.25) is 0 Å². The van der Waals surface area contributed by atoms with Gasteiger partial charge in [-0.25, -0.2) is 9.18 Å². The number of aliphatic hydroxyl groups is 1. The lowest BCUT2D eigenvalue weighted by Gasteiger charge is -2.62. The molecule has 2 bridgehead atoms. The molecule has 3 aliphatic carbocycles. The van der Waals surface area contributed by atoms with E-state index in [0.717, 1.165) is 6.42 Å². The topological polar surface area (TPSA) is 99.1 Å². The quantitative estimate of drug-likeness (QED) is 0.377. The zero-order valence-electron chi connectivity index (χ0n) is 20.9. The Morgan fingerprint density at radius 1 is 1.19 bits per heavy atom. The van der Waals surface area contributed by atoms with E-state index in [2.05, 4.69) is 20.4 Å². The van der Waals surface area contributed by atoms with Crippen molar-refractivity contribution in [3.8, 4) is 0 Å². The number of halogens is 1. The molecule has 1 aromatic rings. The van der Waals surface area contributed by atoms with Gasteiger partial charge in [-0.3, -0.25) is 9.59 Å². The number of carbonyl (C=O) groups excluding carboxylic acids is 3. The smallest absolute Gasteiger partial charge is 0.331 e. The van der Waals surface area contributed by atoms with Gasteiger partial charge in [0.05, 0.1) is 6.61 Å². The average Bonchev–Trinajstić information content (AvgIpc) is 3.27. The fourth-order valence-corrected chi connectivity index (χ4v) is 8.39. The average molecular weight is 511 g/mol. The van der Waals surface area contributed by atoms with Crippen LogP contribution in [0.15, 0.2) is 42.5 Å². The Hall–Kier alpha value is -2.84. The summed E-state index contributed by atoms with van der Waals surface area (Å²) in [7, 11) is 0. The molecule has 2 aliphatic heterocycles. The lowest BCUT2D eigenvalue weighted by Crippen LogP contribution is -2.71. The van der Waals surface area contributed by atoms with Crippen LogP contribution in [0.3, 0.4) is 0 Å². The number of ether oxygens (including phenoxy) is 3. The summed E-state index contributed by atoms with van der Waals surface area (Å²) in [4.78, 5) is 40.7. The predicted octanol–water partition coefficient (Wildman–Crippen LogP) is 3.60. The molecule has 37 heavy (non-hydrogen) atoms. The van der Waals surface area contributed by atoms with E-state index in [0.29, 0.717) is 24.8 Å². The molecule has 2 unspecified atom stereocenters. The Bertz CT molecular complexity index is 1220. The second kappa shape index (κ2) is 8.08. The molecule has 3 saturated carbocycles. The fraction of sp³-hybridized carbons (Fsp3) is 0.552. The first-order valence-electron chi connectivity index (χ1n) is 12.9. The highest BCUT2D eigenvalue weighted by Gasteiger charge is 2.81. The van der Waals surface area contributed by atoms with Crippen molar-refractivity contribution in [3.63, 3.8) is 0 Å². The molecule has 0 aromatic heterocycles. The van der Waals surface area contributed by atoms with Gasteiger partial charge in [0.25, 0.3) is 0 Å². The van der Waals surface area contributed by atoms with Gasteiger partial charge in [0.1, 0.15) is 18.0 Å². The molecule has 8 heteroatoms. The molecule has 0 radical (unpaired) electrons. The largest absolute Gasteiger partial charge is 0.461 e. The summed E-state index contributed by atoms with van der Waals surface area (Å²) in [6, 6.07) is 5.62. The van der Waals surface area contributed by atoms with Crippen LogP contribution in [0.1, 0.15) is 45.1 Å². The molecule has 7 nitrogen and oxygen atoms in total. The van der Waals surface area contributed by atoms with E-state index in [1.165, 1.54) is 36.4 Å². The van der Waals surface area contributed by atoms with Crippen LogP contribution >= 0.6 is 0 Å². The monoisotopic (exact) mass is 510 g/mol. The Labute approximate surface area is 214 Å². The predicted molar refractivity (Wildman–Crippen MR) is 129 cm³/mol. The van der Waals surface area contributed by atoms with Gasteiger partial charge in [-0.2, -0.15) is 0 Å². The van der Waals surface area contributed by atoms with Crippen LogP contribution in [0, 0.1) is 39.8 Å². The first-order chi connectivity index (χ1) is 17.5. The van der Waals surface area contributed by atoms with Gasteiger partial charge in [-0.05, 0) is 66.4 Å². The van der Waals surface area contributed by atoms with E-state index < -0.39 is 58.9 Å². The van der Waals surface area contributed by atoms with Crippen molar-refractivity contribution in [1.29, 1.82) is 0 Å². The number of benzene rings is 1. The molecule has 2 saturated heterocycles. The molecular weight excluding hydrogens is 479 g/mol. The maximum atomic E-state index is 13.9. The van der Waals surface area contributed by atoms with Crippen molar-refractivity contribution in [2.75, 3.05) is 6.61 Å². The van der Waals surface area contributed by atoms with Crippen LogP contribution < -0.4 is 0 Å². The summed E-state index contributed by atoms with van der Waals surface area (Å²) in [6.07, 6.45) is 2.56. The zero-order chi connectivity index (χ0) is 26.3. The van der Waals surface area contributed by atoms with Gasteiger partial charge < -0.3 is 19.3 Å². The highest BCUT2D eigenvalue weighted by molar-refractivity contribution is 6.16. The van der Waals surface area contributed by atoms with Crippen LogP contribution in [0.4, 0.5) is 4.39 Å². The third-order valence-electron chi connectivity index (χ3n) is 9.87. The summed E-state index contributed by atoms with van der Waals surface area (Å²) in [5, 5.41) is 11.0. The summed E-state index contributed by atoms with van der Waals surface area (Å²) < 4.78 is 31.0. The molecule has 8 atom stereocenters. The molecule has 5 aliphatic rings. The number of hydrogen-bond acceptors (Lipinski definition) is 7. The number of rotatable bonds is 3. The number of fused-ring (bicyclic) bond motifs is 1. The highest BCUT2D eigenvalue weighted by atomic mass is 19.1. The number of Topliss-reactive ketones (excluding diaryl/α,β-unsaturated/α-hetero) is 1. The maximum Gasteiger partial charge on any atom is 0.331 e. The Morgan fingerprint density at radius 2 is 1.92 bits per heavy atom. The van der Waals surface area contributed by atoms with E-state index in [-0.39, 0.29) is 29.3 Å². The Morgan fingerprint density at radius 3 is 2.65 bits per heavy atom. The van der Waals surface area contributed by atoms with Crippen LogP contribution in [-0.2, 0) is 28.6 Å². The minimum absolute atomic E-state index is 0.169. The van der Waals surface area contributed by atoms with Crippen molar-refractivity contribution in [2.45, 2.75) is 58.0 Å². The van der Waals surface area contributed by atoms with Crippen molar-refractivity contribution >= 4 is 23.8 Å². The van der Waals surface area contributed by atoms with Crippen LogP contribution in [0.2, 0.25) is 0 Å². The van der Waals surface area contributed by atoms with Crippen molar-refractivity contribution in [3.05, 3.63) is 53.9 Å². The molecule has 196 valence electrons. The second-order valence-electron chi connectivity index (χ2n) is 11.9. The lowest BCUT2D eigenvalue weighted by molar-refractivity contribution is -0.251. The van der Waals surface area contributed by atoms with Crippen LogP contribution in [0.25, 0.3) is 6.08 Å². The van der Waals surface area contributed by atoms with Gasteiger partial charge in [0, 0.05) is 23.3 Å².